The summed E-state index contributed by atoms with van der Waals surface area (Å²) in [6.45, 7) is 8.83. The van der Waals surface area contributed by atoms with Gasteiger partial charge in [0.15, 0.2) is 0 Å². The van der Waals surface area contributed by atoms with E-state index in [2.05, 4.69) is 42.0 Å². The van der Waals surface area contributed by atoms with Crippen LogP contribution in [0.25, 0.3) is 0 Å². The molecule has 1 aromatic rings. The Bertz CT molecular complexity index is 582. The van der Waals surface area contributed by atoms with Gasteiger partial charge in [0.2, 0.25) is 5.91 Å². The summed E-state index contributed by atoms with van der Waals surface area (Å²) in [4.78, 5) is 13.2. The first-order valence-corrected chi connectivity index (χ1v) is 8.19. The highest BCUT2D eigenvalue weighted by Gasteiger charge is 2.80. The van der Waals surface area contributed by atoms with Crippen molar-refractivity contribution in [1.82, 2.24) is 0 Å². The van der Waals surface area contributed by atoms with Crippen LogP contribution in [-0.4, -0.2) is 10.7 Å². The second kappa shape index (κ2) is 4.09. The minimum Gasteiger partial charge on any atom is -0.326 e. The molecule has 20 heavy (non-hydrogen) atoms. The van der Waals surface area contributed by atoms with Gasteiger partial charge in [0.25, 0.3) is 0 Å². The lowest BCUT2D eigenvalue weighted by Crippen LogP contribution is -2.68. The number of amides is 1. The van der Waals surface area contributed by atoms with E-state index >= 15 is 0 Å². The average molecular weight is 336 g/mol. The predicted molar refractivity (Wildman–Crippen MR) is 86.1 cm³/mol. The molecule has 3 aliphatic rings. The minimum absolute atomic E-state index is 0.0437. The van der Waals surface area contributed by atoms with Crippen LogP contribution in [0, 0.1) is 23.2 Å². The second-order valence-electron chi connectivity index (χ2n) is 7.20. The Morgan fingerprint density at radius 1 is 1.30 bits per heavy atom. The fourth-order valence-electron chi connectivity index (χ4n) is 4.42. The first kappa shape index (κ1) is 14.1. The molecule has 0 unspecified atom stereocenters. The van der Waals surface area contributed by atoms with E-state index in [0.29, 0.717) is 0 Å². The van der Waals surface area contributed by atoms with Crippen LogP contribution in [0.15, 0.2) is 24.3 Å². The normalized spacial score (nSPS) is 37.4. The zero-order valence-corrected chi connectivity index (χ0v) is 14.2. The van der Waals surface area contributed by atoms with Gasteiger partial charge in [-0.2, -0.15) is 0 Å². The van der Waals surface area contributed by atoms with Gasteiger partial charge in [-0.25, -0.2) is 0 Å². The van der Waals surface area contributed by atoms with Gasteiger partial charge in [0.05, 0.1) is 5.41 Å². The van der Waals surface area contributed by atoms with Gasteiger partial charge >= 0.3 is 0 Å². The van der Waals surface area contributed by atoms with Gasteiger partial charge in [0.1, 0.15) is 0 Å². The van der Waals surface area contributed by atoms with E-state index in [1.54, 1.807) is 0 Å². The Morgan fingerprint density at radius 2 is 2.00 bits per heavy atom. The fraction of sp³-hybridized carbons (Fsp3) is 0.588. The molecule has 1 amide bonds. The van der Waals surface area contributed by atoms with Gasteiger partial charge < -0.3 is 5.32 Å². The number of carbonyl (C=O) groups is 1. The summed E-state index contributed by atoms with van der Waals surface area (Å²) in [7, 11) is 0. The lowest BCUT2D eigenvalue weighted by Gasteiger charge is -2.64. The molecular formula is C17H22BrNO. The number of nitrogens with one attached hydrogen (secondary N) is 1. The van der Waals surface area contributed by atoms with E-state index in [9.17, 15) is 4.79 Å². The molecule has 1 aromatic carbocycles. The predicted octanol–water partition coefficient (Wildman–Crippen LogP) is 4.52. The standard InChI is InChI=1S/C17H22BrNO/c1-11-6-5-7-12(10-11)19-14(20)17-9-8-16(4,13(17)18)15(17,2)3/h5-7,10,13H,8-9H2,1-4H3,(H,19,20)/t13-,16+,17+/m0/s1. The summed E-state index contributed by atoms with van der Waals surface area (Å²) < 4.78 is 0. The molecule has 0 spiro atoms. The van der Waals surface area contributed by atoms with Crippen LogP contribution in [0.4, 0.5) is 5.69 Å². The van der Waals surface area contributed by atoms with E-state index in [-0.39, 0.29) is 27.0 Å². The summed E-state index contributed by atoms with van der Waals surface area (Å²) in [5, 5.41) is 3.14. The Morgan fingerprint density at radius 3 is 2.50 bits per heavy atom. The topological polar surface area (TPSA) is 29.1 Å². The van der Waals surface area contributed by atoms with Crippen molar-refractivity contribution in [3.63, 3.8) is 0 Å². The molecule has 3 aliphatic carbocycles. The maximum absolute atomic E-state index is 12.9. The van der Waals surface area contributed by atoms with Crippen LogP contribution in [0.5, 0.6) is 0 Å². The Balaban J connectivity index is 1.89. The van der Waals surface area contributed by atoms with Crippen molar-refractivity contribution in [2.24, 2.45) is 16.2 Å². The molecular weight excluding hydrogens is 314 g/mol. The molecule has 0 aromatic heterocycles. The third-order valence-electron chi connectivity index (χ3n) is 6.25. The third kappa shape index (κ3) is 1.42. The Kier molecular flexibility index (Phi) is 2.89. The molecule has 0 heterocycles. The minimum atomic E-state index is -0.272. The summed E-state index contributed by atoms with van der Waals surface area (Å²) in [5.74, 6) is 0.171. The van der Waals surface area contributed by atoms with Gasteiger partial charge in [-0.15, -0.1) is 0 Å². The van der Waals surface area contributed by atoms with Crippen LogP contribution in [0.2, 0.25) is 0 Å². The van der Waals surface area contributed by atoms with Crippen LogP contribution < -0.4 is 5.32 Å². The molecule has 1 N–H and O–H groups in total. The van der Waals surface area contributed by atoms with Gasteiger partial charge in [-0.3, -0.25) is 4.79 Å². The number of halogens is 1. The second-order valence-corrected chi connectivity index (χ2v) is 8.12. The van der Waals surface area contributed by atoms with Crippen molar-refractivity contribution < 1.29 is 4.79 Å². The molecule has 0 aliphatic heterocycles. The number of aryl methyl sites for hydroxylation is 1. The smallest absolute Gasteiger partial charge is 0.232 e. The summed E-state index contributed by atoms with van der Waals surface area (Å²) >= 11 is 3.81. The van der Waals surface area contributed by atoms with Crippen molar-refractivity contribution in [2.75, 3.05) is 5.32 Å². The number of alkyl halides is 1. The molecule has 3 heteroatoms. The Labute approximate surface area is 129 Å². The SMILES string of the molecule is Cc1cccc(NC(=O)[C@@]23CC[C@](C)([C@@H]2Br)C3(C)C)c1. The molecule has 4 rings (SSSR count). The van der Waals surface area contributed by atoms with Crippen molar-refractivity contribution >= 4 is 27.5 Å². The van der Waals surface area contributed by atoms with E-state index in [1.165, 1.54) is 5.56 Å². The number of rotatable bonds is 2. The molecule has 0 saturated heterocycles. The quantitative estimate of drug-likeness (QED) is 0.790. The van der Waals surface area contributed by atoms with Crippen molar-refractivity contribution in [1.29, 1.82) is 0 Å². The zero-order valence-electron chi connectivity index (χ0n) is 12.6. The van der Waals surface area contributed by atoms with Crippen LogP contribution >= 0.6 is 15.9 Å². The van der Waals surface area contributed by atoms with E-state index in [4.69, 9.17) is 0 Å². The van der Waals surface area contributed by atoms with Crippen LogP contribution in [0.1, 0.15) is 39.2 Å². The molecule has 3 saturated carbocycles. The maximum Gasteiger partial charge on any atom is 0.232 e. The average Bonchev–Trinajstić information content (AvgIpc) is 2.77. The number of hydrogen-bond donors (Lipinski definition) is 1. The highest BCUT2D eigenvalue weighted by molar-refractivity contribution is 9.09. The monoisotopic (exact) mass is 335 g/mol. The number of fused-ring (bicyclic) bond motifs is 1. The van der Waals surface area contributed by atoms with Crippen molar-refractivity contribution in [3.05, 3.63) is 29.8 Å². The lowest BCUT2D eigenvalue weighted by atomic mass is 9.43. The van der Waals surface area contributed by atoms with Gasteiger partial charge in [-0.05, 0) is 48.3 Å². The fourth-order valence-corrected chi connectivity index (χ4v) is 6.23. The lowest BCUT2D eigenvalue weighted by molar-refractivity contribution is -0.155. The largest absolute Gasteiger partial charge is 0.326 e. The third-order valence-corrected chi connectivity index (χ3v) is 8.05. The number of hydrogen-bond acceptors (Lipinski definition) is 1. The van der Waals surface area contributed by atoms with Gasteiger partial charge in [0, 0.05) is 10.5 Å². The molecule has 3 atom stereocenters. The number of carbonyl (C=O) groups excluding carboxylic acids is 1. The molecule has 2 bridgehead atoms. The first-order chi connectivity index (χ1) is 9.25. The number of benzene rings is 1. The van der Waals surface area contributed by atoms with Crippen molar-refractivity contribution in [2.45, 2.75) is 45.4 Å². The highest BCUT2D eigenvalue weighted by atomic mass is 79.9. The van der Waals surface area contributed by atoms with Crippen LogP contribution in [-0.2, 0) is 4.79 Å². The summed E-state index contributed by atoms with van der Waals surface area (Å²) in [6, 6.07) is 8.02. The van der Waals surface area contributed by atoms with Gasteiger partial charge in [-0.1, -0.05) is 48.8 Å². The molecule has 2 nitrogen and oxygen atoms in total. The van der Waals surface area contributed by atoms with E-state index < -0.39 is 0 Å². The number of anilines is 1. The molecule has 108 valence electrons. The molecule has 0 radical (unpaired) electrons. The van der Waals surface area contributed by atoms with E-state index in [0.717, 1.165) is 18.5 Å². The summed E-state index contributed by atoms with van der Waals surface area (Å²) in [6.07, 6.45) is 2.10. The van der Waals surface area contributed by atoms with E-state index in [1.807, 2.05) is 31.2 Å². The Hall–Kier alpha value is -0.830. The summed E-state index contributed by atoms with van der Waals surface area (Å²) in [5.41, 5.74) is 2.07. The zero-order chi connectivity index (χ0) is 14.8. The maximum atomic E-state index is 12.9. The van der Waals surface area contributed by atoms with Crippen LogP contribution in [0.3, 0.4) is 0 Å². The molecule has 3 fully saturated rings. The first-order valence-electron chi connectivity index (χ1n) is 7.28. The van der Waals surface area contributed by atoms with Crippen molar-refractivity contribution in [3.8, 4) is 0 Å². The highest BCUT2D eigenvalue weighted by Crippen LogP contribution is 2.79.